The molecule has 0 saturated heterocycles. The smallest absolute Gasteiger partial charge is 0.0957 e. The molecule has 2 rings (SSSR count). The predicted molar refractivity (Wildman–Crippen MR) is 78.7 cm³/mol. The van der Waals surface area contributed by atoms with E-state index in [2.05, 4.69) is 31.1 Å². The fourth-order valence-corrected chi connectivity index (χ4v) is 3.82. The Morgan fingerprint density at radius 2 is 2.26 bits per heavy atom. The zero-order valence-electron chi connectivity index (χ0n) is 12.4. The van der Waals surface area contributed by atoms with Crippen LogP contribution in [0.5, 0.6) is 0 Å². The van der Waals surface area contributed by atoms with Gasteiger partial charge in [-0.3, -0.25) is 0 Å². The molecule has 1 aliphatic carbocycles. The molecule has 1 aromatic heterocycles. The Morgan fingerprint density at radius 3 is 2.84 bits per heavy atom. The molecule has 0 aromatic carbocycles. The fraction of sp³-hybridized carbons (Fsp3) is 0.800. The van der Waals surface area contributed by atoms with Crippen LogP contribution in [0.15, 0.2) is 5.38 Å². The van der Waals surface area contributed by atoms with Crippen LogP contribution in [-0.4, -0.2) is 28.9 Å². The summed E-state index contributed by atoms with van der Waals surface area (Å²) < 4.78 is 5.41. The zero-order valence-corrected chi connectivity index (χ0v) is 13.2. The lowest BCUT2D eigenvalue weighted by Crippen LogP contribution is -2.40. The standard InChI is InChI=1S/C15H25NO2S/c1-14(2,3)12-10-19-13(16-12)9-15(17)7-5-6-11(8-15)18-4/h10-11,17H,5-9H2,1-4H3. The maximum atomic E-state index is 10.7. The molecular formula is C15H25NO2S. The first kappa shape index (κ1) is 14.9. The molecule has 0 amide bonds. The van der Waals surface area contributed by atoms with Crippen LogP contribution in [0.2, 0.25) is 0 Å². The molecular weight excluding hydrogens is 258 g/mol. The van der Waals surface area contributed by atoms with Gasteiger partial charge in [0.1, 0.15) is 0 Å². The van der Waals surface area contributed by atoms with Crippen LogP contribution in [-0.2, 0) is 16.6 Å². The highest BCUT2D eigenvalue weighted by atomic mass is 32.1. The van der Waals surface area contributed by atoms with Gasteiger partial charge in [-0.1, -0.05) is 20.8 Å². The fourth-order valence-electron chi connectivity index (χ4n) is 2.67. The number of methoxy groups -OCH3 is 1. The van der Waals surface area contributed by atoms with E-state index in [0.29, 0.717) is 6.42 Å². The van der Waals surface area contributed by atoms with Crippen molar-refractivity contribution in [2.75, 3.05) is 7.11 Å². The Balaban J connectivity index is 2.05. The lowest BCUT2D eigenvalue weighted by atomic mass is 9.81. The molecule has 2 unspecified atom stereocenters. The maximum Gasteiger partial charge on any atom is 0.0957 e. The number of hydrogen-bond donors (Lipinski definition) is 1. The number of aliphatic hydroxyl groups is 1. The van der Waals surface area contributed by atoms with E-state index in [9.17, 15) is 5.11 Å². The molecule has 1 aliphatic rings. The largest absolute Gasteiger partial charge is 0.389 e. The highest BCUT2D eigenvalue weighted by Gasteiger charge is 2.35. The van der Waals surface area contributed by atoms with Gasteiger partial charge in [-0.25, -0.2) is 4.98 Å². The highest BCUT2D eigenvalue weighted by molar-refractivity contribution is 7.09. The van der Waals surface area contributed by atoms with Crippen LogP contribution in [0.4, 0.5) is 0 Å². The summed E-state index contributed by atoms with van der Waals surface area (Å²) in [6, 6.07) is 0. The molecule has 2 atom stereocenters. The van der Waals surface area contributed by atoms with Crippen LogP contribution >= 0.6 is 11.3 Å². The maximum absolute atomic E-state index is 10.7. The minimum atomic E-state index is -0.633. The van der Waals surface area contributed by atoms with Crippen molar-refractivity contribution in [1.29, 1.82) is 0 Å². The average Bonchev–Trinajstić information content (AvgIpc) is 2.76. The lowest BCUT2D eigenvalue weighted by molar-refractivity contribution is -0.0581. The molecule has 1 saturated carbocycles. The Hall–Kier alpha value is -0.450. The first-order valence-electron chi connectivity index (χ1n) is 7.02. The van der Waals surface area contributed by atoms with Gasteiger partial charge in [0.05, 0.1) is 22.4 Å². The minimum absolute atomic E-state index is 0.0823. The van der Waals surface area contributed by atoms with Gasteiger partial charge < -0.3 is 9.84 Å². The molecule has 1 N–H and O–H groups in total. The van der Waals surface area contributed by atoms with E-state index in [4.69, 9.17) is 4.74 Å². The topological polar surface area (TPSA) is 42.4 Å². The first-order chi connectivity index (χ1) is 8.82. The number of ether oxygens (including phenoxy) is 1. The van der Waals surface area contributed by atoms with Gasteiger partial charge >= 0.3 is 0 Å². The van der Waals surface area contributed by atoms with Crippen molar-refractivity contribution in [2.24, 2.45) is 0 Å². The molecule has 0 spiro atoms. The van der Waals surface area contributed by atoms with Crippen LogP contribution in [0.3, 0.4) is 0 Å². The van der Waals surface area contributed by atoms with Crippen molar-refractivity contribution in [1.82, 2.24) is 4.98 Å². The first-order valence-corrected chi connectivity index (χ1v) is 7.90. The second kappa shape index (κ2) is 5.51. The van der Waals surface area contributed by atoms with Crippen molar-refractivity contribution in [2.45, 2.75) is 70.0 Å². The number of rotatable bonds is 3. The van der Waals surface area contributed by atoms with Crippen molar-refractivity contribution in [3.8, 4) is 0 Å². The van der Waals surface area contributed by atoms with Gasteiger partial charge in [0.25, 0.3) is 0 Å². The predicted octanol–water partition coefficient (Wildman–Crippen LogP) is 3.30. The van der Waals surface area contributed by atoms with E-state index in [1.165, 1.54) is 0 Å². The third-order valence-electron chi connectivity index (χ3n) is 3.91. The van der Waals surface area contributed by atoms with Gasteiger partial charge in [-0.05, 0) is 19.3 Å². The summed E-state index contributed by atoms with van der Waals surface area (Å²) in [5.74, 6) is 0. The second-order valence-corrected chi connectivity index (χ2v) is 7.67. The summed E-state index contributed by atoms with van der Waals surface area (Å²) in [5, 5.41) is 13.9. The number of hydrogen-bond acceptors (Lipinski definition) is 4. The van der Waals surface area contributed by atoms with E-state index in [1.54, 1.807) is 18.4 Å². The number of thiazole rings is 1. The molecule has 1 heterocycles. The van der Waals surface area contributed by atoms with Gasteiger partial charge in [0.15, 0.2) is 0 Å². The summed E-state index contributed by atoms with van der Waals surface area (Å²) in [5.41, 5.74) is 0.570. The third kappa shape index (κ3) is 3.77. The van der Waals surface area contributed by atoms with Crippen LogP contribution in [0, 0.1) is 0 Å². The van der Waals surface area contributed by atoms with Gasteiger partial charge in [0.2, 0.25) is 0 Å². The van der Waals surface area contributed by atoms with Crippen LogP contribution < -0.4 is 0 Å². The third-order valence-corrected chi connectivity index (χ3v) is 4.76. The van der Waals surface area contributed by atoms with E-state index in [1.807, 2.05) is 0 Å². The molecule has 19 heavy (non-hydrogen) atoms. The number of nitrogens with zero attached hydrogens (tertiary/aromatic N) is 1. The molecule has 4 heteroatoms. The second-order valence-electron chi connectivity index (χ2n) is 6.73. The molecule has 0 radical (unpaired) electrons. The van der Waals surface area contributed by atoms with Crippen molar-refractivity contribution in [3.05, 3.63) is 16.1 Å². The Labute approximate surface area is 120 Å². The highest BCUT2D eigenvalue weighted by Crippen LogP contribution is 2.34. The minimum Gasteiger partial charge on any atom is -0.389 e. The summed E-state index contributed by atoms with van der Waals surface area (Å²) >= 11 is 1.67. The monoisotopic (exact) mass is 283 g/mol. The number of aromatic nitrogens is 1. The average molecular weight is 283 g/mol. The SMILES string of the molecule is COC1CCCC(O)(Cc2nc(C(C)(C)C)cs2)C1. The Morgan fingerprint density at radius 1 is 1.53 bits per heavy atom. The lowest BCUT2D eigenvalue weighted by Gasteiger charge is -2.35. The zero-order chi connectivity index (χ0) is 14.1. The van der Waals surface area contributed by atoms with Gasteiger partial charge in [0, 0.05) is 30.7 Å². The van der Waals surface area contributed by atoms with Crippen molar-refractivity contribution >= 4 is 11.3 Å². The summed E-state index contributed by atoms with van der Waals surface area (Å²) in [6.45, 7) is 6.51. The van der Waals surface area contributed by atoms with E-state index < -0.39 is 5.60 Å². The molecule has 0 aliphatic heterocycles. The van der Waals surface area contributed by atoms with Crippen molar-refractivity contribution < 1.29 is 9.84 Å². The molecule has 1 fully saturated rings. The Kier molecular flexibility index (Phi) is 4.33. The summed E-state index contributed by atoms with van der Waals surface area (Å²) in [4.78, 5) is 4.69. The molecule has 0 bridgehead atoms. The molecule has 3 nitrogen and oxygen atoms in total. The van der Waals surface area contributed by atoms with E-state index in [-0.39, 0.29) is 11.5 Å². The van der Waals surface area contributed by atoms with E-state index in [0.717, 1.165) is 36.4 Å². The summed E-state index contributed by atoms with van der Waals surface area (Å²) in [6.07, 6.45) is 4.54. The van der Waals surface area contributed by atoms with Crippen LogP contribution in [0.25, 0.3) is 0 Å². The summed E-state index contributed by atoms with van der Waals surface area (Å²) in [7, 11) is 1.73. The van der Waals surface area contributed by atoms with E-state index >= 15 is 0 Å². The normalized spacial score (nSPS) is 28.6. The van der Waals surface area contributed by atoms with Crippen LogP contribution in [0.1, 0.15) is 57.2 Å². The van der Waals surface area contributed by atoms with Gasteiger partial charge in [-0.2, -0.15) is 0 Å². The molecule has 1 aromatic rings. The molecule has 108 valence electrons. The van der Waals surface area contributed by atoms with Crippen molar-refractivity contribution in [3.63, 3.8) is 0 Å². The quantitative estimate of drug-likeness (QED) is 0.925. The van der Waals surface area contributed by atoms with Gasteiger partial charge in [-0.15, -0.1) is 11.3 Å². The Bertz CT molecular complexity index is 424.